The Morgan fingerprint density at radius 3 is 1.36 bits per heavy atom. The fourth-order valence-corrected chi connectivity index (χ4v) is 7.40. The van der Waals surface area contributed by atoms with Gasteiger partial charge in [-0.25, -0.2) is 0 Å². The van der Waals surface area contributed by atoms with Crippen LogP contribution in [0.2, 0.25) is 0 Å². The molecule has 6 nitrogen and oxygen atoms in total. The summed E-state index contributed by atoms with van der Waals surface area (Å²) in [7, 11) is 0. The Hall–Kier alpha value is -3.22. The average molecular weight is 890 g/mol. The topological polar surface area (TPSA) is 95.9 Å². The van der Waals surface area contributed by atoms with Gasteiger partial charge in [-0.05, 0) is 89.5 Å². The maximum absolute atomic E-state index is 13.2. The SMILES string of the molecule is CC/C=C/C/C=C/C/C=C/C/C=C/C/C=C/C(CC(=O)NC(CO)C(O)CCCCCCCCCCCCCCCC)OC(=O)CCCCCC/C=C\C/C=C\C/C=C\CCCCC. The number of carbonyl (C=O) groups excluding carboxylic acids is 2. The molecule has 3 unspecified atom stereocenters. The predicted octanol–water partition coefficient (Wildman–Crippen LogP) is 16.1. The number of amides is 1. The van der Waals surface area contributed by atoms with Crippen molar-refractivity contribution in [2.45, 2.75) is 251 Å². The van der Waals surface area contributed by atoms with Gasteiger partial charge in [0.2, 0.25) is 5.91 Å². The number of esters is 1. The lowest BCUT2D eigenvalue weighted by molar-refractivity contribution is -0.148. The lowest BCUT2D eigenvalue weighted by atomic mass is 10.0. The molecular formula is C58H99NO5. The Morgan fingerprint density at radius 2 is 0.875 bits per heavy atom. The highest BCUT2D eigenvalue weighted by atomic mass is 16.5. The van der Waals surface area contributed by atoms with Gasteiger partial charge in [-0.3, -0.25) is 9.59 Å². The normalized spacial score (nSPS) is 14.0. The van der Waals surface area contributed by atoms with Crippen molar-refractivity contribution in [1.29, 1.82) is 0 Å². The molecule has 3 N–H and O–H groups in total. The molecule has 0 radical (unpaired) electrons. The first kappa shape index (κ1) is 60.8. The van der Waals surface area contributed by atoms with E-state index in [1.54, 1.807) is 6.08 Å². The second kappa shape index (κ2) is 50.8. The molecule has 0 aliphatic carbocycles. The van der Waals surface area contributed by atoms with E-state index in [-0.39, 0.29) is 24.9 Å². The number of unbranched alkanes of at least 4 members (excludes halogenated alkanes) is 20. The molecule has 0 rings (SSSR count). The zero-order chi connectivity index (χ0) is 46.7. The zero-order valence-electron chi connectivity index (χ0n) is 41.6. The fraction of sp³-hybridized carbons (Fsp3) is 0.690. The van der Waals surface area contributed by atoms with Crippen molar-refractivity contribution in [3.8, 4) is 0 Å². The van der Waals surface area contributed by atoms with Gasteiger partial charge in [0, 0.05) is 6.42 Å². The van der Waals surface area contributed by atoms with E-state index in [0.29, 0.717) is 19.3 Å². The molecule has 0 aromatic rings. The Labute approximate surface area is 395 Å². The number of allylic oxidation sites excluding steroid dienone is 15. The number of ether oxygens (including phenoxy) is 1. The number of carbonyl (C=O) groups is 2. The summed E-state index contributed by atoms with van der Waals surface area (Å²) < 4.78 is 5.82. The largest absolute Gasteiger partial charge is 0.458 e. The number of hydrogen-bond donors (Lipinski definition) is 3. The van der Waals surface area contributed by atoms with Crippen LogP contribution in [0.15, 0.2) is 97.2 Å². The number of aliphatic hydroxyl groups excluding tert-OH is 2. The number of aliphatic hydroxyl groups is 2. The molecule has 0 spiro atoms. The summed E-state index contributed by atoms with van der Waals surface area (Å²) in [5.41, 5.74) is 0. The first-order valence-corrected chi connectivity index (χ1v) is 26.5. The van der Waals surface area contributed by atoms with Crippen LogP contribution < -0.4 is 5.32 Å². The molecule has 0 saturated heterocycles. The number of nitrogens with one attached hydrogen (secondary N) is 1. The van der Waals surface area contributed by atoms with Crippen molar-refractivity contribution in [1.82, 2.24) is 5.32 Å². The van der Waals surface area contributed by atoms with E-state index in [4.69, 9.17) is 4.74 Å². The highest BCUT2D eigenvalue weighted by Crippen LogP contribution is 2.16. The van der Waals surface area contributed by atoms with Crippen LogP contribution >= 0.6 is 0 Å². The molecule has 0 bridgehead atoms. The Morgan fingerprint density at radius 1 is 0.484 bits per heavy atom. The summed E-state index contributed by atoms with van der Waals surface area (Å²) in [5, 5.41) is 23.7. The number of rotatable bonds is 46. The van der Waals surface area contributed by atoms with Gasteiger partial charge < -0.3 is 20.3 Å². The molecule has 1 amide bonds. The van der Waals surface area contributed by atoms with E-state index < -0.39 is 18.2 Å². The molecule has 0 aromatic heterocycles. The van der Waals surface area contributed by atoms with Gasteiger partial charge >= 0.3 is 5.97 Å². The van der Waals surface area contributed by atoms with E-state index in [2.05, 4.69) is 111 Å². The third kappa shape index (κ3) is 45.4. The first-order chi connectivity index (χ1) is 31.5. The van der Waals surface area contributed by atoms with Crippen LogP contribution in [0.3, 0.4) is 0 Å². The summed E-state index contributed by atoms with van der Waals surface area (Å²) in [6.07, 6.45) is 67.8. The highest BCUT2D eigenvalue weighted by Gasteiger charge is 2.23. The lowest BCUT2D eigenvalue weighted by Gasteiger charge is -2.23. The standard InChI is InChI=1S/C58H99NO5/c1-4-7-10-13-16-19-22-25-28-29-30-33-36-39-42-45-48-51-58(63)64-54(49-46-43-40-37-34-31-26-23-20-17-14-11-8-5-2)52-57(62)59-55(53-60)56(61)50-47-44-41-38-35-32-27-24-21-18-15-12-9-6-3/h8,11,16-17,19-20,25-26,28,30-31,33,37,40,46,49,54-56,60-61H,4-7,9-10,12-15,18,21-24,27,29,32,34-36,38-39,41-45,47-48,50-53H2,1-3H3,(H,59,62)/b11-8+,19-16-,20-17+,28-25-,31-26+,33-30-,40-37+,49-46+. The minimum atomic E-state index is -0.828. The van der Waals surface area contributed by atoms with Gasteiger partial charge in [0.05, 0.1) is 25.2 Å². The van der Waals surface area contributed by atoms with Crippen molar-refractivity contribution >= 4 is 11.9 Å². The van der Waals surface area contributed by atoms with Crippen molar-refractivity contribution in [2.24, 2.45) is 0 Å². The average Bonchev–Trinajstić information content (AvgIpc) is 3.29. The van der Waals surface area contributed by atoms with Crippen LogP contribution in [0.5, 0.6) is 0 Å². The summed E-state index contributed by atoms with van der Waals surface area (Å²) in [5.74, 6) is -0.659. The summed E-state index contributed by atoms with van der Waals surface area (Å²) >= 11 is 0. The van der Waals surface area contributed by atoms with Crippen LogP contribution in [0.1, 0.15) is 233 Å². The van der Waals surface area contributed by atoms with Gasteiger partial charge in [0.25, 0.3) is 0 Å². The molecule has 3 atom stereocenters. The zero-order valence-corrected chi connectivity index (χ0v) is 41.6. The molecule has 0 aliphatic rings. The van der Waals surface area contributed by atoms with Crippen molar-refractivity contribution in [3.05, 3.63) is 97.2 Å². The molecule has 366 valence electrons. The Bertz CT molecular complexity index is 1270. The van der Waals surface area contributed by atoms with Crippen molar-refractivity contribution in [3.63, 3.8) is 0 Å². The van der Waals surface area contributed by atoms with Gasteiger partial charge in [-0.15, -0.1) is 0 Å². The molecule has 64 heavy (non-hydrogen) atoms. The third-order valence-electron chi connectivity index (χ3n) is 11.4. The van der Waals surface area contributed by atoms with E-state index in [1.807, 2.05) is 6.08 Å². The van der Waals surface area contributed by atoms with Gasteiger partial charge in [-0.2, -0.15) is 0 Å². The van der Waals surface area contributed by atoms with E-state index in [0.717, 1.165) is 89.9 Å². The second-order valence-corrected chi connectivity index (χ2v) is 17.5. The number of hydrogen-bond acceptors (Lipinski definition) is 5. The minimum Gasteiger partial charge on any atom is -0.458 e. The molecule has 0 aromatic carbocycles. The second-order valence-electron chi connectivity index (χ2n) is 17.5. The van der Waals surface area contributed by atoms with Crippen LogP contribution in [0.25, 0.3) is 0 Å². The first-order valence-electron chi connectivity index (χ1n) is 26.5. The smallest absolute Gasteiger partial charge is 0.306 e. The lowest BCUT2D eigenvalue weighted by Crippen LogP contribution is -2.46. The van der Waals surface area contributed by atoms with E-state index >= 15 is 0 Å². The molecule has 0 saturated carbocycles. The molecule has 0 heterocycles. The van der Waals surface area contributed by atoms with Gasteiger partial charge in [-0.1, -0.05) is 227 Å². The summed E-state index contributed by atoms with van der Waals surface area (Å²) in [6.45, 7) is 6.30. The van der Waals surface area contributed by atoms with Crippen LogP contribution in [-0.2, 0) is 14.3 Å². The highest BCUT2D eigenvalue weighted by molar-refractivity contribution is 5.78. The van der Waals surface area contributed by atoms with Crippen molar-refractivity contribution in [2.75, 3.05) is 6.61 Å². The van der Waals surface area contributed by atoms with E-state index in [1.165, 1.54) is 96.3 Å². The molecule has 6 heteroatoms. The van der Waals surface area contributed by atoms with Crippen LogP contribution in [0.4, 0.5) is 0 Å². The molecular weight excluding hydrogens is 791 g/mol. The quantitative estimate of drug-likeness (QED) is 0.0321. The summed E-state index contributed by atoms with van der Waals surface area (Å²) in [4.78, 5) is 26.1. The van der Waals surface area contributed by atoms with Gasteiger partial charge in [0.1, 0.15) is 6.10 Å². The molecule has 0 fully saturated rings. The Balaban J connectivity index is 4.76. The minimum absolute atomic E-state index is 0.0597. The Kier molecular flexibility index (Phi) is 48.2. The summed E-state index contributed by atoms with van der Waals surface area (Å²) in [6, 6.07) is -0.752. The maximum atomic E-state index is 13.2. The van der Waals surface area contributed by atoms with Crippen LogP contribution in [0, 0.1) is 0 Å². The van der Waals surface area contributed by atoms with E-state index in [9.17, 15) is 19.8 Å². The maximum Gasteiger partial charge on any atom is 0.306 e. The van der Waals surface area contributed by atoms with Gasteiger partial charge in [0.15, 0.2) is 0 Å². The predicted molar refractivity (Wildman–Crippen MR) is 277 cm³/mol. The molecule has 0 aliphatic heterocycles. The monoisotopic (exact) mass is 890 g/mol. The third-order valence-corrected chi connectivity index (χ3v) is 11.4. The van der Waals surface area contributed by atoms with Crippen LogP contribution in [-0.4, -0.2) is 46.9 Å². The van der Waals surface area contributed by atoms with Crippen molar-refractivity contribution < 1.29 is 24.5 Å². The fourth-order valence-electron chi connectivity index (χ4n) is 7.40.